The molecule has 4 saturated carbocycles. The quantitative estimate of drug-likeness (QED) is 0.314. The Morgan fingerprint density at radius 2 is 1.49 bits per heavy atom. The molecule has 4 fully saturated rings. The highest BCUT2D eigenvalue weighted by atomic mass is 28.4. The summed E-state index contributed by atoms with van der Waals surface area (Å²) in [6, 6.07) is 0. The average molecular weight is 503 g/mol. The molecule has 0 aliphatic heterocycles. The lowest BCUT2D eigenvalue weighted by molar-refractivity contribution is -0.127. The fourth-order valence-electron chi connectivity index (χ4n) is 9.94. The first-order valence-corrected chi connectivity index (χ1v) is 18.8. The van der Waals surface area contributed by atoms with Crippen LogP contribution in [0.5, 0.6) is 0 Å². The van der Waals surface area contributed by atoms with Gasteiger partial charge in [-0.05, 0) is 128 Å². The van der Waals surface area contributed by atoms with Crippen LogP contribution < -0.4 is 0 Å². The van der Waals surface area contributed by atoms with E-state index in [1.165, 1.54) is 77.0 Å². The lowest BCUT2D eigenvalue weighted by Gasteiger charge is -2.61. The first-order chi connectivity index (χ1) is 16.2. The summed E-state index contributed by atoms with van der Waals surface area (Å²) in [4.78, 5) is 0. The van der Waals surface area contributed by atoms with Crippen molar-refractivity contribution in [2.24, 2.45) is 52.3 Å². The van der Waals surface area contributed by atoms with Gasteiger partial charge >= 0.3 is 0 Å². The summed E-state index contributed by atoms with van der Waals surface area (Å²) < 4.78 is 6.98. The van der Waals surface area contributed by atoms with Crippen molar-refractivity contribution >= 4 is 8.32 Å². The summed E-state index contributed by atoms with van der Waals surface area (Å²) in [5.41, 5.74) is 1.21. The third-order valence-corrected chi connectivity index (χ3v) is 17.6. The molecule has 4 aliphatic rings. The fraction of sp³-hybridized carbons (Fsp3) is 1.00. The normalized spacial score (nSPS) is 42.9. The van der Waals surface area contributed by atoms with Crippen LogP contribution >= 0.6 is 0 Å². The molecule has 0 spiro atoms. The van der Waals surface area contributed by atoms with Crippen molar-refractivity contribution in [2.45, 2.75) is 157 Å². The summed E-state index contributed by atoms with van der Waals surface area (Å²) >= 11 is 0. The van der Waals surface area contributed by atoms with Crippen LogP contribution in [0.1, 0.15) is 132 Å². The minimum atomic E-state index is -1.67. The lowest BCUT2D eigenvalue weighted by Crippen LogP contribution is -2.55. The van der Waals surface area contributed by atoms with Crippen molar-refractivity contribution in [1.82, 2.24) is 0 Å². The van der Waals surface area contributed by atoms with E-state index >= 15 is 0 Å². The summed E-state index contributed by atoms with van der Waals surface area (Å²) in [5.74, 6) is 6.70. The molecule has 9 atom stereocenters. The predicted octanol–water partition coefficient (Wildman–Crippen LogP) is 10.5. The number of hydrogen-bond donors (Lipinski definition) is 0. The molecule has 0 saturated heterocycles. The van der Waals surface area contributed by atoms with E-state index in [9.17, 15) is 0 Å². The molecule has 0 bridgehead atoms. The van der Waals surface area contributed by atoms with Gasteiger partial charge < -0.3 is 4.43 Å². The minimum absolute atomic E-state index is 0.324. The van der Waals surface area contributed by atoms with Gasteiger partial charge in [0.05, 0.1) is 0 Å². The van der Waals surface area contributed by atoms with Gasteiger partial charge in [-0.2, -0.15) is 0 Å². The van der Waals surface area contributed by atoms with E-state index in [1.54, 1.807) is 0 Å². The van der Waals surface area contributed by atoms with Gasteiger partial charge in [-0.25, -0.2) is 0 Å². The predicted molar refractivity (Wildman–Crippen MR) is 155 cm³/mol. The minimum Gasteiger partial charge on any atom is -0.414 e. The topological polar surface area (TPSA) is 9.23 Å². The Labute approximate surface area is 221 Å². The van der Waals surface area contributed by atoms with E-state index in [4.69, 9.17) is 4.43 Å². The molecular weight excluding hydrogens is 440 g/mol. The molecule has 0 aromatic carbocycles. The van der Waals surface area contributed by atoms with Crippen LogP contribution in [0, 0.1) is 52.3 Å². The number of hydrogen-bond acceptors (Lipinski definition) is 1. The Kier molecular flexibility index (Phi) is 8.10. The molecule has 2 heteroatoms. The summed E-state index contributed by atoms with van der Waals surface area (Å²) in [5, 5.41) is 0.324. The maximum absolute atomic E-state index is 6.98. The first-order valence-electron chi connectivity index (χ1n) is 15.9. The molecule has 35 heavy (non-hydrogen) atoms. The van der Waals surface area contributed by atoms with Crippen LogP contribution in [0.2, 0.25) is 18.1 Å². The summed E-state index contributed by atoms with van der Waals surface area (Å²) in [7, 11) is -1.67. The van der Waals surface area contributed by atoms with Crippen molar-refractivity contribution in [3.05, 3.63) is 0 Å². The van der Waals surface area contributed by atoms with Crippen molar-refractivity contribution < 1.29 is 4.43 Å². The first kappa shape index (κ1) is 28.2. The maximum Gasteiger partial charge on any atom is 0.192 e. The molecule has 0 amide bonds. The van der Waals surface area contributed by atoms with Crippen LogP contribution in [-0.2, 0) is 4.43 Å². The van der Waals surface area contributed by atoms with Crippen LogP contribution in [0.15, 0.2) is 0 Å². The van der Waals surface area contributed by atoms with Crippen molar-refractivity contribution in [2.75, 3.05) is 0 Å². The highest BCUT2D eigenvalue weighted by Gasteiger charge is 2.60. The Bertz CT molecular complexity index is 721. The third kappa shape index (κ3) is 5.24. The monoisotopic (exact) mass is 502 g/mol. The van der Waals surface area contributed by atoms with Gasteiger partial charge in [0.25, 0.3) is 0 Å². The zero-order valence-corrected chi connectivity index (χ0v) is 26.5. The molecule has 0 aromatic rings. The zero-order chi connectivity index (χ0) is 25.8. The van der Waals surface area contributed by atoms with E-state index in [2.05, 4.69) is 68.5 Å². The van der Waals surface area contributed by atoms with Crippen molar-refractivity contribution in [3.63, 3.8) is 0 Å². The zero-order valence-electron chi connectivity index (χ0n) is 25.5. The van der Waals surface area contributed by atoms with Gasteiger partial charge in [0.1, 0.15) is 0 Å². The van der Waals surface area contributed by atoms with E-state index in [-0.39, 0.29) is 0 Å². The standard InChI is InChI=1S/C33H62OSi/c1-23(2)12-11-13-24(3)28-16-17-29-27-15-14-25-22-26(34-35(9,10)31(4,5)6)18-20-32(25,7)30(27)19-21-33(28,29)8/h23-30H,11-22H2,1-10H3/t24-,25?,26?,27+,28-,29+,30+,32+,33-/m1/s1. The van der Waals surface area contributed by atoms with Gasteiger partial charge in [0, 0.05) is 6.10 Å². The number of rotatable bonds is 7. The molecule has 1 nitrogen and oxygen atoms in total. The van der Waals surface area contributed by atoms with Gasteiger partial charge in [-0.1, -0.05) is 74.7 Å². The molecule has 204 valence electrons. The summed E-state index contributed by atoms with van der Waals surface area (Å²) in [6.07, 6.45) is 18.1. The van der Waals surface area contributed by atoms with Gasteiger partial charge in [0.15, 0.2) is 8.32 Å². The Hall–Kier alpha value is 0.177. The average Bonchev–Trinajstić information content (AvgIpc) is 3.10. The SMILES string of the molecule is CC(C)CCC[C@@H](C)[C@H]1CC[C@H]2[C@@H]3CCC4CC(O[Si](C)(C)C(C)(C)C)CC[C@]4(C)[C@H]3CC[C@]12C. The van der Waals surface area contributed by atoms with Crippen LogP contribution in [-0.4, -0.2) is 14.4 Å². The molecule has 4 rings (SSSR count). The van der Waals surface area contributed by atoms with Crippen LogP contribution in [0.3, 0.4) is 0 Å². The van der Waals surface area contributed by atoms with E-state index in [1.807, 2.05) is 0 Å². The lowest BCUT2D eigenvalue weighted by atomic mass is 9.44. The van der Waals surface area contributed by atoms with Crippen molar-refractivity contribution in [3.8, 4) is 0 Å². The largest absolute Gasteiger partial charge is 0.414 e. The van der Waals surface area contributed by atoms with E-state index in [0.717, 1.165) is 41.4 Å². The molecule has 2 unspecified atom stereocenters. The van der Waals surface area contributed by atoms with Gasteiger partial charge in [-0.3, -0.25) is 0 Å². The van der Waals surface area contributed by atoms with Crippen LogP contribution in [0.4, 0.5) is 0 Å². The molecule has 4 aliphatic carbocycles. The molecule has 0 radical (unpaired) electrons. The fourth-order valence-corrected chi connectivity index (χ4v) is 11.3. The second-order valence-corrected chi connectivity index (χ2v) is 21.2. The number of fused-ring (bicyclic) bond motifs is 5. The highest BCUT2D eigenvalue weighted by molar-refractivity contribution is 6.74. The Morgan fingerprint density at radius 3 is 2.14 bits per heavy atom. The maximum atomic E-state index is 6.98. The molecular formula is C33H62OSi. The second-order valence-electron chi connectivity index (χ2n) is 16.5. The molecule has 0 heterocycles. The van der Waals surface area contributed by atoms with Crippen molar-refractivity contribution in [1.29, 1.82) is 0 Å². The smallest absolute Gasteiger partial charge is 0.192 e. The van der Waals surface area contributed by atoms with E-state index in [0.29, 0.717) is 22.0 Å². The molecule has 0 aromatic heterocycles. The van der Waals surface area contributed by atoms with Gasteiger partial charge in [-0.15, -0.1) is 0 Å². The Morgan fingerprint density at radius 1 is 0.829 bits per heavy atom. The van der Waals surface area contributed by atoms with Gasteiger partial charge in [0.2, 0.25) is 0 Å². The Balaban J connectivity index is 1.41. The second kappa shape index (κ2) is 10.1. The third-order valence-electron chi connectivity index (χ3n) is 13.1. The van der Waals surface area contributed by atoms with Crippen LogP contribution in [0.25, 0.3) is 0 Å². The summed E-state index contributed by atoms with van der Waals surface area (Å²) in [6.45, 7) is 25.0. The highest BCUT2D eigenvalue weighted by Crippen LogP contribution is 2.68. The molecule has 0 N–H and O–H groups in total. The van der Waals surface area contributed by atoms with E-state index < -0.39 is 8.32 Å².